The molecular weight excluding hydrogens is 383 g/mol. The summed E-state index contributed by atoms with van der Waals surface area (Å²) in [7, 11) is -5.05. The van der Waals surface area contributed by atoms with E-state index in [0.29, 0.717) is 0 Å². The van der Waals surface area contributed by atoms with Crippen LogP contribution in [0.5, 0.6) is 0 Å². The Bertz CT molecular complexity index is 458. The van der Waals surface area contributed by atoms with Crippen LogP contribution in [0, 0.1) is 0 Å². The van der Waals surface area contributed by atoms with Crippen molar-refractivity contribution in [2.24, 2.45) is 0 Å². The molecule has 0 aliphatic carbocycles. The summed E-state index contributed by atoms with van der Waals surface area (Å²) in [6.45, 7) is -0.837. The van der Waals surface area contributed by atoms with Gasteiger partial charge in [-0.1, -0.05) is 0 Å². The molecule has 0 rings (SSSR count). The Morgan fingerprint density at radius 3 is 1.52 bits per heavy atom. The first-order valence-corrected chi connectivity index (χ1v) is 8.53. The van der Waals surface area contributed by atoms with Crippen LogP contribution in [0.15, 0.2) is 0 Å². The molecule has 7 atom stereocenters. The zero-order valence-corrected chi connectivity index (χ0v) is 13.1. The van der Waals surface area contributed by atoms with Gasteiger partial charge >= 0.3 is 18.9 Å². The van der Waals surface area contributed by atoms with Gasteiger partial charge < -0.3 is 0 Å². The zero-order valence-electron chi connectivity index (χ0n) is 12.3. The Morgan fingerprint density at radius 1 is 0.720 bits per heavy atom. The fraction of sp³-hybridized carbons (Fsp3) is 1.00. The molecule has 0 saturated carbocycles. The average molecular weight is 402 g/mol. The molecule has 0 aromatic heterocycles. The molecule has 0 amide bonds. The third-order valence-electron chi connectivity index (χ3n) is 3.14. The van der Waals surface area contributed by atoms with Crippen LogP contribution in [-0.2, 0) is 10.1 Å². The van der Waals surface area contributed by atoms with Gasteiger partial charge in [0.15, 0.2) is 37.0 Å². The molecule has 148 valence electrons. The Balaban J connectivity index is 0. The van der Waals surface area contributed by atoms with Crippen LogP contribution < -0.4 is 0 Å². The van der Waals surface area contributed by atoms with Gasteiger partial charge in [0.2, 0.25) is 0 Å². The zero-order chi connectivity index (χ0) is 19.1. The third-order valence-corrected chi connectivity index (χ3v) is 3.88. The van der Waals surface area contributed by atoms with Crippen LogP contribution in [0.1, 0.15) is 19.3 Å². The third kappa shape index (κ3) is 10.0. The molecule has 0 bridgehead atoms. The first kappa shape index (κ1) is 27.2. The molecule has 25 heavy (non-hydrogen) atoms. The van der Waals surface area contributed by atoms with Gasteiger partial charge in [-0.25, -0.2) is 30.7 Å². The molecule has 0 aliphatic heterocycles. The fourth-order valence-electron chi connectivity index (χ4n) is 1.81. The number of hydrogen-bond donors (Lipinski definition) is 1. The van der Waals surface area contributed by atoms with E-state index in [1.807, 2.05) is 0 Å². The predicted octanol–water partition coefficient (Wildman–Crippen LogP) is 2.73. The van der Waals surface area contributed by atoms with Crippen LogP contribution in [0.4, 0.5) is 35.1 Å². The first-order valence-electron chi connectivity index (χ1n) is 6.92. The number of unbranched alkanes of at least 4 members (excludes halogenated alkanes) is 1. The molecule has 0 saturated heterocycles. The Hall–Kier alpha value is -0.0526. The fourth-order valence-corrected chi connectivity index (χ4v) is 2.40. The van der Waals surface area contributed by atoms with E-state index in [-0.39, 0.29) is 31.7 Å². The second-order valence-electron chi connectivity index (χ2n) is 5.19. The van der Waals surface area contributed by atoms with Crippen molar-refractivity contribution in [3.05, 3.63) is 0 Å². The molecule has 0 spiro atoms. The minimum atomic E-state index is -5.05. The standard InChI is InChI=1S/C12H18F8O3S.Li.H/c13-4-2-1-3-6(14)8(16)10(18)12(20)11(19)9(17)7(15)5-24(21,22)23;;/h6-12H,1-5H2,(H,21,22,23);;. The van der Waals surface area contributed by atoms with Gasteiger partial charge in [0.25, 0.3) is 10.1 Å². The molecule has 13 heteroatoms. The molecular formula is C12H19F8LiO3S. The van der Waals surface area contributed by atoms with Gasteiger partial charge in [0.05, 0.1) is 6.67 Å². The van der Waals surface area contributed by atoms with Crippen molar-refractivity contribution in [1.29, 1.82) is 0 Å². The summed E-state index contributed by atoms with van der Waals surface area (Å²) in [6.07, 6.45) is -24.3. The van der Waals surface area contributed by atoms with Gasteiger partial charge in [-0.05, 0) is 19.3 Å². The van der Waals surface area contributed by atoms with Crippen LogP contribution >= 0.6 is 0 Å². The number of rotatable bonds is 12. The van der Waals surface area contributed by atoms with E-state index >= 15 is 0 Å². The molecule has 0 aromatic rings. The van der Waals surface area contributed by atoms with Gasteiger partial charge in [0, 0.05) is 0 Å². The quantitative estimate of drug-likeness (QED) is 0.236. The van der Waals surface area contributed by atoms with Gasteiger partial charge in [-0.15, -0.1) is 0 Å². The van der Waals surface area contributed by atoms with Crippen molar-refractivity contribution in [3.8, 4) is 0 Å². The van der Waals surface area contributed by atoms with Gasteiger partial charge in [0.1, 0.15) is 11.9 Å². The summed E-state index contributed by atoms with van der Waals surface area (Å²) in [5, 5.41) is 0. The van der Waals surface area contributed by atoms with E-state index in [1.54, 1.807) is 0 Å². The molecule has 1 N–H and O–H groups in total. The first-order chi connectivity index (χ1) is 10.9. The SMILES string of the molecule is O=S(=O)(O)CC(F)C(F)C(F)C(F)C(F)C(F)C(F)CCCCF.[LiH]. The van der Waals surface area contributed by atoms with E-state index in [0.717, 1.165) is 0 Å². The monoisotopic (exact) mass is 402 g/mol. The van der Waals surface area contributed by atoms with Crippen molar-refractivity contribution in [1.82, 2.24) is 0 Å². The van der Waals surface area contributed by atoms with E-state index in [2.05, 4.69) is 0 Å². The van der Waals surface area contributed by atoms with Crippen LogP contribution in [0.2, 0.25) is 0 Å². The Morgan fingerprint density at radius 2 is 1.12 bits per heavy atom. The van der Waals surface area contributed by atoms with E-state index in [4.69, 9.17) is 4.55 Å². The van der Waals surface area contributed by atoms with Crippen LogP contribution in [-0.4, -0.2) is 87.5 Å². The minimum absolute atomic E-state index is 0. The summed E-state index contributed by atoms with van der Waals surface area (Å²) in [5.74, 6) is -1.91. The number of hydrogen-bond acceptors (Lipinski definition) is 2. The van der Waals surface area contributed by atoms with Crippen molar-refractivity contribution in [2.75, 3.05) is 12.4 Å². The molecule has 3 nitrogen and oxygen atoms in total. The predicted molar refractivity (Wildman–Crippen MR) is 77.7 cm³/mol. The summed E-state index contributed by atoms with van der Waals surface area (Å²) in [4.78, 5) is 0. The Labute approximate surface area is 152 Å². The molecule has 0 heterocycles. The summed E-state index contributed by atoms with van der Waals surface area (Å²) in [6, 6.07) is 0. The molecule has 0 radical (unpaired) electrons. The second-order valence-corrected chi connectivity index (χ2v) is 6.68. The van der Waals surface area contributed by atoms with Crippen molar-refractivity contribution in [2.45, 2.75) is 62.5 Å². The summed E-state index contributed by atoms with van der Waals surface area (Å²) in [5.41, 5.74) is 0. The van der Waals surface area contributed by atoms with E-state index in [9.17, 15) is 43.5 Å². The van der Waals surface area contributed by atoms with Gasteiger partial charge in [-0.3, -0.25) is 8.94 Å². The van der Waals surface area contributed by atoms with E-state index < -0.39 is 72.2 Å². The number of alkyl halides is 8. The molecule has 7 unspecified atom stereocenters. The average Bonchev–Trinajstić information content (AvgIpc) is 2.49. The van der Waals surface area contributed by atoms with Crippen molar-refractivity contribution in [3.63, 3.8) is 0 Å². The van der Waals surface area contributed by atoms with Crippen LogP contribution in [0.25, 0.3) is 0 Å². The normalized spacial score (nSPS) is 20.7. The van der Waals surface area contributed by atoms with Crippen LogP contribution in [0.3, 0.4) is 0 Å². The van der Waals surface area contributed by atoms with Gasteiger partial charge in [-0.2, -0.15) is 8.42 Å². The summed E-state index contributed by atoms with van der Waals surface area (Å²) < 4.78 is 134. The molecule has 0 aliphatic rings. The maximum atomic E-state index is 13.4. The van der Waals surface area contributed by atoms with E-state index in [1.165, 1.54) is 0 Å². The second kappa shape index (κ2) is 12.4. The summed E-state index contributed by atoms with van der Waals surface area (Å²) >= 11 is 0. The molecule has 0 fully saturated rings. The van der Waals surface area contributed by atoms with Crippen molar-refractivity contribution < 1.29 is 48.1 Å². The van der Waals surface area contributed by atoms with Crippen molar-refractivity contribution >= 4 is 29.0 Å². The maximum absolute atomic E-state index is 13.4. The topological polar surface area (TPSA) is 54.4 Å². The number of halogens is 8. The Kier molecular flexibility index (Phi) is 13.4. The molecule has 0 aromatic carbocycles.